The van der Waals surface area contributed by atoms with Gasteiger partial charge in [-0.05, 0) is 67.9 Å². The number of aryl methyl sites for hydroxylation is 2. The van der Waals surface area contributed by atoms with Gasteiger partial charge in [-0.15, -0.1) is 0 Å². The number of nitrogen functional groups attached to an aromatic ring is 1. The van der Waals surface area contributed by atoms with E-state index >= 15 is 0 Å². The van der Waals surface area contributed by atoms with E-state index in [0.29, 0.717) is 21.8 Å². The number of fused-ring (bicyclic) bond motifs is 1. The maximum atomic E-state index is 13.9. The highest BCUT2D eigenvalue weighted by molar-refractivity contribution is 7.90. The van der Waals surface area contributed by atoms with Crippen molar-refractivity contribution in [3.8, 4) is 16.8 Å². The number of ketones is 1. The van der Waals surface area contributed by atoms with Crippen LogP contribution in [-0.2, 0) is 10.0 Å². The Balaban J connectivity index is 1.48. The molecule has 0 saturated heterocycles. The quantitative estimate of drug-likeness (QED) is 0.253. The smallest absolute Gasteiger partial charge is 0.268 e. The molecule has 0 aliphatic carbocycles. The summed E-state index contributed by atoms with van der Waals surface area (Å²) in [7, 11) is -4.13. The Bertz CT molecular complexity index is 2040. The summed E-state index contributed by atoms with van der Waals surface area (Å²) in [6.45, 7) is 3.72. The van der Waals surface area contributed by atoms with Crippen molar-refractivity contribution in [3.63, 3.8) is 0 Å². The van der Waals surface area contributed by atoms with Gasteiger partial charge < -0.3 is 10.7 Å². The van der Waals surface area contributed by atoms with Crippen LogP contribution in [0.2, 0.25) is 5.02 Å². The van der Waals surface area contributed by atoms with Crippen molar-refractivity contribution in [1.82, 2.24) is 23.7 Å². The molecule has 3 aromatic carbocycles. The number of carbonyl (C=O) groups excluding carboxylic acids is 1. The van der Waals surface area contributed by atoms with Crippen molar-refractivity contribution in [2.45, 2.75) is 18.7 Å². The molecule has 0 unspecified atom stereocenters. The Hall–Kier alpha value is -4.67. The molecular formula is C29H23ClN6O3S. The predicted octanol–water partition coefficient (Wildman–Crippen LogP) is 5.54. The summed E-state index contributed by atoms with van der Waals surface area (Å²) >= 11 is 6.19. The van der Waals surface area contributed by atoms with Crippen molar-refractivity contribution in [3.05, 3.63) is 113 Å². The largest absolute Gasteiger partial charge is 0.383 e. The van der Waals surface area contributed by atoms with Crippen molar-refractivity contribution in [1.29, 1.82) is 0 Å². The van der Waals surface area contributed by atoms with E-state index in [0.717, 1.165) is 26.4 Å². The molecule has 0 amide bonds. The Kier molecular flexibility index (Phi) is 6.09. The number of carbonyl (C=O) groups is 1. The minimum Gasteiger partial charge on any atom is -0.383 e. The summed E-state index contributed by atoms with van der Waals surface area (Å²) in [5.74, 6) is 0.249. The number of anilines is 1. The monoisotopic (exact) mass is 570 g/mol. The molecule has 0 saturated carbocycles. The first-order chi connectivity index (χ1) is 19.1. The Morgan fingerprint density at radius 3 is 2.50 bits per heavy atom. The number of hydrogen-bond donors (Lipinski definition) is 2. The fourth-order valence-electron chi connectivity index (χ4n) is 4.59. The second-order valence-electron chi connectivity index (χ2n) is 9.45. The van der Waals surface area contributed by atoms with Crippen molar-refractivity contribution in [2.75, 3.05) is 5.73 Å². The molecule has 0 bridgehead atoms. The highest BCUT2D eigenvalue weighted by Gasteiger charge is 2.28. The fourth-order valence-corrected chi connectivity index (χ4v) is 6.14. The number of nitrogens with zero attached hydrogens (tertiary/aromatic N) is 4. The van der Waals surface area contributed by atoms with E-state index in [1.165, 1.54) is 35.3 Å². The van der Waals surface area contributed by atoms with Gasteiger partial charge in [-0.1, -0.05) is 41.4 Å². The van der Waals surface area contributed by atoms with Crippen molar-refractivity contribution >= 4 is 44.3 Å². The number of halogens is 1. The van der Waals surface area contributed by atoms with Gasteiger partial charge in [0.15, 0.2) is 0 Å². The van der Waals surface area contributed by atoms with E-state index in [1.54, 1.807) is 42.5 Å². The minimum absolute atomic E-state index is 0.0483. The minimum atomic E-state index is -4.13. The summed E-state index contributed by atoms with van der Waals surface area (Å²) in [5, 5.41) is 4.82. The molecule has 0 fully saturated rings. The third-order valence-corrected chi connectivity index (χ3v) is 8.56. The van der Waals surface area contributed by atoms with Crippen LogP contribution in [0.15, 0.2) is 90.1 Å². The van der Waals surface area contributed by atoms with Gasteiger partial charge in [0.2, 0.25) is 5.78 Å². The zero-order valence-electron chi connectivity index (χ0n) is 21.5. The van der Waals surface area contributed by atoms with E-state index in [1.807, 2.05) is 26.0 Å². The molecule has 200 valence electrons. The maximum Gasteiger partial charge on any atom is 0.268 e. The number of imidazole rings is 1. The topological polar surface area (TPSA) is 129 Å². The molecule has 40 heavy (non-hydrogen) atoms. The number of aromatic amines is 1. The average molecular weight is 571 g/mol. The number of H-pyrrole nitrogens is 1. The second kappa shape index (κ2) is 9.51. The van der Waals surface area contributed by atoms with E-state index in [2.05, 4.69) is 15.1 Å². The number of nitrogens with one attached hydrogen (secondary N) is 1. The fraction of sp³-hybridized carbons (Fsp3) is 0.0690. The highest BCUT2D eigenvalue weighted by atomic mass is 35.5. The molecule has 3 N–H and O–H groups in total. The molecule has 0 atom stereocenters. The molecule has 11 heteroatoms. The third-order valence-electron chi connectivity index (χ3n) is 6.63. The predicted molar refractivity (Wildman–Crippen MR) is 154 cm³/mol. The lowest BCUT2D eigenvalue weighted by atomic mass is 10.1. The van der Waals surface area contributed by atoms with Crippen LogP contribution >= 0.6 is 11.6 Å². The Morgan fingerprint density at radius 1 is 0.975 bits per heavy atom. The second-order valence-corrected chi connectivity index (χ2v) is 11.7. The molecule has 9 nitrogen and oxygen atoms in total. The first kappa shape index (κ1) is 25.6. The average Bonchev–Trinajstić information content (AvgIpc) is 3.64. The van der Waals surface area contributed by atoms with E-state index in [-0.39, 0.29) is 22.0 Å². The number of nitrogens with two attached hydrogens (primary N) is 1. The lowest BCUT2D eigenvalue weighted by molar-refractivity contribution is 0.103. The number of hydrogen-bond acceptors (Lipinski definition) is 6. The Morgan fingerprint density at radius 2 is 1.75 bits per heavy atom. The summed E-state index contributed by atoms with van der Waals surface area (Å²) in [6.07, 6.45) is 2.76. The molecule has 0 aliphatic rings. The normalized spacial score (nSPS) is 11.8. The number of rotatable bonds is 6. The molecule has 6 rings (SSSR count). The lowest BCUT2D eigenvalue weighted by Gasteiger charge is -2.10. The van der Waals surface area contributed by atoms with Gasteiger partial charge in [0.25, 0.3) is 10.0 Å². The van der Waals surface area contributed by atoms with Crippen LogP contribution in [0.25, 0.3) is 27.8 Å². The van der Waals surface area contributed by atoms with Crippen molar-refractivity contribution < 1.29 is 13.2 Å². The SMILES string of the molecule is Cc1ccc(S(=O)(=O)n2cc(-c3cccc(Cl)c3)cc2C(=O)c2cnn(-c3ccc4nc(C)[nH]c4c3)c2N)cc1. The van der Waals surface area contributed by atoms with E-state index < -0.39 is 15.8 Å². The molecule has 6 aromatic rings. The van der Waals surface area contributed by atoms with Crippen LogP contribution in [0.5, 0.6) is 0 Å². The van der Waals surface area contributed by atoms with Crippen LogP contribution in [0.3, 0.4) is 0 Å². The summed E-state index contributed by atoms with van der Waals surface area (Å²) in [6, 6.07) is 20.4. The molecule has 3 heterocycles. The molecular weight excluding hydrogens is 548 g/mol. The Labute approximate surface area is 234 Å². The number of benzene rings is 3. The van der Waals surface area contributed by atoms with Crippen LogP contribution in [0.4, 0.5) is 5.82 Å². The van der Waals surface area contributed by atoms with Gasteiger partial charge in [-0.3, -0.25) is 4.79 Å². The van der Waals surface area contributed by atoms with Crippen LogP contribution in [0.1, 0.15) is 27.4 Å². The van der Waals surface area contributed by atoms with E-state index in [4.69, 9.17) is 17.3 Å². The van der Waals surface area contributed by atoms with Crippen molar-refractivity contribution in [2.24, 2.45) is 0 Å². The van der Waals surface area contributed by atoms with Gasteiger partial charge >= 0.3 is 0 Å². The maximum absolute atomic E-state index is 13.9. The van der Waals surface area contributed by atoms with E-state index in [9.17, 15) is 13.2 Å². The first-order valence-corrected chi connectivity index (χ1v) is 14.1. The standard InChI is InChI=1S/C29H23ClN6O3S/c1-17-6-9-23(10-7-17)40(38,39)35-16-20(19-4-3-5-21(30)12-19)13-27(35)28(37)24-15-32-36(29(24)31)22-8-11-25-26(14-22)34-18(2)33-25/h3-16H,31H2,1-2H3,(H,33,34). The third kappa shape index (κ3) is 4.37. The molecule has 0 aliphatic heterocycles. The molecule has 0 spiro atoms. The molecule has 3 aromatic heterocycles. The summed E-state index contributed by atoms with van der Waals surface area (Å²) < 4.78 is 30.0. The van der Waals surface area contributed by atoms with Gasteiger partial charge in [0, 0.05) is 16.8 Å². The van der Waals surface area contributed by atoms with Gasteiger partial charge in [-0.2, -0.15) is 5.10 Å². The van der Waals surface area contributed by atoms with Crippen LogP contribution < -0.4 is 5.73 Å². The zero-order valence-corrected chi connectivity index (χ0v) is 23.0. The van der Waals surface area contributed by atoms with Crippen LogP contribution in [0, 0.1) is 13.8 Å². The van der Waals surface area contributed by atoms with Crippen LogP contribution in [-0.4, -0.2) is 37.9 Å². The summed E-state index contributed by atoms with van der Waals surface area (Å²) in [5.41, 5.74) is 10.7. The van der Waals surface area contributed by atoms with Gasteiger partial charge in [-0.25, -0.2) is 22.1 Å². The molecule has 0 radical (unpaired) electrons. The highest BCUT2D eigenvalue weighted by Crippen LogP contribution is 2.30. The number of aromatic nitrogens is 5. The lowest BCUT2D eigenvalue weighted by Crippen LogP contribution is -2.19. The van der Waals surface area contributed by atoms with Gasteiger partial charge in [0.05, 0.1) is 33.4 Å². The zero-order chi connectivity index (χ0) is 28.2. The van der Waals surface area contributed by atoms with Gasteiger partial charge in [0.1, 0.15) is 17.3 Å². The summed E-state index contributed by atoms with van der Waals surface area (Å²) in [4.78, 5) is 21.5. The first-order valence-electron chi connectivity index (χ1n) is 12.3.